The Morgan fingerprint density at radius 3 is 2.56 bits per heavy atom. The molecule has 5 rings (SSSR count). The van der Waals surface area contributed by atoms with Crippen molar-refractivity contribution in [1.82, 2.24) is 4.90 Å². The van der Waals surface area contributed by atoms with Crippen LogP contribution in [0, 0.1) is 5.92 Å². The van der Waals surface area contributed by atoms with E-state index in [1.165, 1.54) is 18.9 Å². The second-order valence-electron chi connectivity index (χ2n) is 11.7. The lowest BCUT2D eigenvalue weighted by atomic mass is 9.82. The number of nitrogens with zero attached hydrogens (tertiary/aromatic N) is 2. The summed E-state index contributed by atoms with van der Waals surface area (Å²) in [5, 5.41) is 34.2. The monoisotopic (exact) mass is 613 g/mol. The van der Waals surface area contributed by atoms with Gasteiger partial charge in [0.25, 0.3) is 11.8 Å². The van der Waals surface area contributed by atoms with Crippen LogP contribution in [-0.4, -0.2) is 63.8 Å². The number of nitrogens with one attached hydrogen (secondary N) is 1. The molecular weight excluding hydrogens is 574 g/mol. The summed E-state index contributed by atoms with van der Waals surface area (Å²) in [5.74, 6) is -1.45. The highest BCUT2D eigenvalue weighted by Gasteiger charge is 2.52. The molecule has 0 radical (unpaired) electrons. The van der Waals surface area contributed by atoms with Gasteiger partial charge in [-0.3, -0.25) is 14.4 Å². The highest BCUT2D eigenvalue weighted by Crippen LogP contribution is 2.47. The van der Waals surface area contributed by atoms with Gasteiger partial charge in [0.2, 0.25) is 5.91 Å². The maximum Gasteiger partial charge on any atom is 0.264 e. The van der Waals surface area contributed by atoms with Crippen LogP contribution < -0.4 is 15.0 Å². The van der Waals surface area contributed by atoms with E-state index in [-0.39, 0.29) is 31.5 Å². The number of hydrogen-bond acceptors (Lipinski definition) is 7. The van der Waals surface area contributed by atoms with Crippen LogP contribution in [0.2, 0.25) is 0 Å². The van der Waals surface area contributed by atoms with E-state index in [0.29, 0.717) is 41.2 Å². The molecule has 4 atom stereocenters. The zero-order valence-corrected chi connectivity index (χ0v) is 25.6. The van der Waals surface area contributed by atoms with Gasteiger partial charge in [-0.1, -0.05) is 55.5 Å². The van der Waals surface area contributed by atoms with Crippen LogP contribution in [0.1, 0.15) is 42.5 Å². The molecule has 3 aromatic carbocycles. The first kappa shape index (κ1) is 31.9. The van der Waals surface area contributed by atoms with Gasteiger partial charge in [0.05, 0.1) is 32.0 Å². The summed E-state index contributed by atoms with van der Waals surface area (Å²) >= 11 is 0. The van der Waals surface area contributed by atoms with Crippen LogP contribution in [-0.2, 0) is 39.5 Å². The standard InChI is InChI=1S/C35H39N3O7/c1-22(8-6-13-32(41)37-20-26-11-5-4-10-25(26)17-28(37)21-39)35(44)30-18-29(45-3)14-15-31(30)38(34(35)43)19-24-9-7-12-27(16-24)36-33(42)23(2)40/h4-12,14-16,18,22-23,28,39-40,44H,13,17,19-21H2,1-3H3,(H,36,42)/b8-6+/t22-,23+,28+,35+/m1/s1. The molecule has 0 bridgehead atoms. The number of hydrogen-bond donors (Lipinski definition) is 4. The van der Waals surface area contributed by atoms with Crippen molar-refractivity contribution < 1.29 is 34.4 Å². The number of carbonyl (C=O) groups excluding carboxylic acids is 3. The Labute approximate surface area is 262 Å². The lowest BCUT2D eigenvalue weighted by molar-refractivity contribution is -0.139. The lowest BCUT2D eigenvalue weighted by Gasteiger charge is -2.36. The van der Waals surface area contributed by atoms with Gasteiger partial charge < -0.3 is 35.2 Å². The second kappa shape index (κ2) is 13.2. The first-order valence-corrected chi connectivity index (χ1v) is 15.0. The number of aliphatic hydroxyl groups excluding tert-OH is 2. The van der Waals surface area contributed by atoms with Gasteiger partial charge in [0.15, 0.2) is 5.60 Å². The van der Waals surface area contributed by atoms with Gasteiger partial charge in [0, 0.05) is 30.1 Å². The SMILES string of the molecule is COc1ccc2c(c1)[C@@](O)([C@H](C)/C=C/CC(=O)N1Cc3ccccc3C[C@H]1CO)C(=O)N2Cc1cccc(NC(=O)[C@H](C)O)c1. The summed E-state index contributed by atoms with van der Waals surface area (Å²) in [6.45, 7) is 3.49. The molecule has 2 heterocycles. The molecule has 0 unspecified atom stereocenters. The van der Waals surface area contributed by atoms with Crippen molar-refractivity contribution in [3.63, 3.8) is 0 Å². The van der Waals surface area contributed by atoms with E-state index in [1.54, 1.807) is 66.4 Å². The molecule has 3 amide bonds. The van der Waals surface area contributed by atoms with Gasteiger partial charge in [-0.15, -0.1) is 0 Å². The molecule has 0 aromatic heterocycles. The van der Waals surface area contributed by atoms with E-state index >= 15 is 0 Å². The summed E-state index contributed by atoms with van der Waals surface area (Å²) in [4.78, 5) is 42.5. The molecule has 0 spiro atoms. The van der Waals surface area contributed by atoms with Crippen LogP contribution >= 0.6 is 0 Å². The number of methoxy groups -OCH3 is 1. The zero-order chi connectivity index (χ0) is 32.3. The molecule has 10 heteroatoms. The minimum atomic E-state index is -1.93. The second-order valence-corrected chi connectivity index (χ2v) is 11.7. The lowest BCUT2D eigenvalue weighted by Crippen LogP contribution is -2.46. The quantitative estimate of drug-likeness (QED) is 0.258. The van der Waals surface area contributed by atoms with E-state index in [2.05, 4.69) is 5.32 Å². The largest absolute Gasteiger partial charge is 0.497 e. The first-order valence-electron chi connectivity index (χ1n) is 15.0. The van der Waals surface area contributed by atoms with Gasteiger partial charge in [0.1, 0.15) is 11.9 Å². The Morgan fingerprint density at radius 1 is 1.09 bits per heavy atom. The molecule has 4 N–H and O–H groups in total. The van der Waals surface area contributed by atoms with Gasteiger partial charge in [-0.2, -0.15) is 0 Å². The number of rotatable bonds is 10. The van der Waals surface area contributed by atoms with Crippen LogP contribution in [0.5, 0.6) is 5.75 Å². The van der Waals surface area contributed by atoms with Gasteiger partial charge in [-0.05, 0) is 60.4 Å². The van der Waals surface area contributed by atoms with Gasteiger partial charge in [-0.25, -0.2) is 0 Å². The van der Waals surface area contributed by atoms with Crippen molar-refractivity contribution in [2.75, 3.05) is 23.9 Å². The Hall–Kier alpha value is -4.51. The predicted octanol–water partition coefficient (Wildman–Crippen LogP) is 3.28. The minimum absolute atomic E-state index is 0.0485. The van der Waals surface area contributed by atoms with Crippen molar-refractivity contribution in [3.05, 3.63) is 101 Å². The Bertz CT molecular complexity index is 1620. The highest BCUT2D eigenvalue weighted by atomic mass is 16.5. The Morgan fingerprint density at radius 2 is 1.84 bits per heavy atom. The Kier molecular flexibility index (Phi) is 9.38. The summed E-state index contributed by atoms with van der Waals surface area (Å²) in [6.07, 6.45) is 2.80. The molecule has 0 aliphatic carbocycles. The van der Waals surface area contributed by atoms with Crippen molar-refractivity contribution >= 4 is 29.1 Å². The van der Waals surface area contributed by atoms with Crippen LogP contribution in [0.3, 0.4) is 0 Å². The third kappa shape index (κ3) is 6.35. The molecule has 10 nitrogen and oxygen atoms in total. The van der Waals surface area contributed by atoms with Crippen molar-refractivity contribution in [1.29, 1.82) is 0 Å². The van der Waals surface area contributed by atoms with E-state index in [9.17, 15) is 29.7 Å². The van der Waals surface area contributed by atoms with E-state index in [4.69, 9.17) is 4.74 Å². The fraction of sp³-hybridized carbons (Fsp3) is 0.343. The number of aliphatic hydroxyl groups is 3. The van der Waals surface area contributed by atoms with E-state index < -0.39 is 29.4 Å². The normalized spacial score (nSPS) is 20.5. The minimum Gasteiger partial charge on any atom is -0.497 e. The number of anilines is 2. The average Bonchev–Trinajstić information content (AvgIpc) is 3.25. The molecule has 2 aliphatic rings. The topological polar surface area (TPSA) is 140 Å². The first-order chi connectivity index (χ1) is 21.6. The maximum atomic E-state index is 14.0. The summed E-state index contributed by atoms with van der Waals surface area (Å²) in [6, 6.07) is 19.6. The summed E-state index contributed by atoms with van der Waals surface area (Å²) in [7, 11) is 1.51. The smallest absolute Gasteiger partial charge is 0.264 e. The molecule has 45 heavy (non-hydrogen) atoms. The summed E-state index contributed by atoms with van der Waals surface area (Å²) < 4.78 is 5.41. The predicted molar refractivity (Wildman–Crippen MR) is 169 cm³/mol. The number of ether oxygens (including phenoxy) is 1. The number of amides is 3. The molecule has 236 valence electrons. The van der Waals surface area contributed by atoms with E-state index in [0.717, 1.165) is 11.1 Å². The van der Waals surface area contributed by atoms with Gasteiger partial charge >= 0.3 is 0 Å². The number of fused-ring (bicyclic) bond motifs is 2. The maximum absolute atomic E-state index is 14.0. The highest BCUT2D eigenvalue weighted by molar-refractivity contribution is 6.07. The number of benzene rings is 3. The number of carbonyl (C=O) groups is 3. The third-order valence-corrected chi connectivity index (χ3v) is 8.65. The molecule has 0 fully saturated rings. The zero-order valence-electron chi connectivity index (χ0n) is 25.6. The van der Waals surface area contributed by atoms with Crippen molar-refractivity contribution in [2.24, 2.45) is 5.92 Å². The third-order valence-electron chi connectivity index (χ3n) is 8.65. The Balaban J connectivity index is 1.35. The molecule has 0 saturated heterocycles. The molecular formula is C35H39N3O7. The van der Waals surface area contributed by atoms with Crippen LogP contribution in [0.15, 0.2) is 78.9 Å². The van der Waals surface area contributed by atoms with Crippen molar-refractivity contribution in [2.45, 2.75) is 57.5 Å². The van der Waals surface area contributed by atoms with Crippen molar-refractivity contribution in [3.8, 4) is 5.75 Å². The molecule has 0 saturated carbocycles. The molecule has 2 aliphatic heterocycles. The van der Waals surface area contributed by atoms with E-state index in [1.807, 2.05) is 24.3 Å². The van der Waals surface area contributed by atoms with Crippen LogP contribution in [0.4, 0.5) is 11.4 Å². The van der Waals surface area contributed by atoms with Crippen LogP contribution in [0.25, 0.3) is 0 Å². The average molecular weight is 614 g/mol. The fourth-order valence-electron chi connectivity index (χ4n) is 6.06. The summed E-state index contributed by atoms with van der Waals surface area (Å²) in [5.41, 5.74) is 2.34. The fourth-order valence-corrected chi connectivity index (χ4v) is 6.06. The molecule has 3 aromatic rings.